The normalized spacial score (nSPS) is 10.6. The highest BCUT2D eigenvalue weighted by Crippen LogP contribution is 2.16. The predicted octanol–water partition coefficient (Wildman–Crippen LogP) is 3.25. The maximum Gasteiger partial charge on any atom is 0.268 e. The van der Waals surface area contributed by atoms with Gasteiger partial charge in [-0.25, -0.2) is 4.98 Å². The fraction of sp³-hybridized carbons (Fsp3) is 0.0625. The van der Waals surface area contributed by atoms with Crippen molar-refractivity contribution in [2.45, 2.75) is 0 Å². The van der Waals surface area contributed by atoms with Crippen LogP contribution >= 0.6 is 11.3 Å². The molecule has 0 atom stereocenters. The Bertz CT molecular complexity index is 713. The van der Waals surface area contributed by atoms with Gasteiger partial charge in [0.25, 0.3) is 5.91 Å². The number of carbonyl (C=O) groups excluding carboxylic acids is 1. The van der Waals surface area contributed by atoms with Gasteiger partial charge in [0.05, 0.1) is 0 Å². The Labute approximate surface area is 132 Å². The Kier molecular flexibility index (Phi) is 5.46. The standard InChI is InChI=1S/C16H13N3O2S/c1-2-8-21-14-5-3-12(4-6-14)10-13(11-17)15(20)19-16-18-7-9-22-16/h2-7,9-10H,1,8H2,(H,18,19,20)/b13-10+. The number of hydrogen-bond donors (Lipinski definition) is 1. The molecule has 0 saturated heterocycles. The molecule has 1 heterocycles. The molecule has 0 spiro atoms. The lowest BCUT2D eigenvalue weighted by Gasteiger charge is -2.03. The van der Waals surface area contributed by atoms with Gasteiger partial charge in [-0.2, -0.15) is 5.26 Å². The average molecular weight is 311 g/mol. The molecule has 1 amide bonds. The van der Waals surface area contributed by atoms with Crippen molar-refractivity contribution in [2.75, 3.05) is 11.9 Å². The fourth-order valence-corrected chi connectivity index (χ4v) is 2.10. The van der Waals surface area contributed by atoms with Gasteiger partial charge in [-0.3, -0.25) is 10.1 Å². The molecule has 1 aromatic heterocycles. The van der Waals surface area contributed by atoms with Crippen LogP contribution in [-0.4, -0.2) is 17.5 Å². The second-order valence-electron chi connectivity index (χ2n) is 4.13. The zero-order valence-corrected chi connectivity index (χ0v) is 12.5. The molecule has 0 aliphatic heterocycles. The van der Waals surface area contributed by atoms with Crippen molar-refractivity contribution >= 4 is 28.5 Å². The molecular formula is C16H13N3O2S. The number of hydrogen-bond acceptors (Lipinski definition) is 5. The third-order valence-corrected chi connectivity index (χ3v) is 3.27. The first-order chi connectivity index (χ1) is 10.7. The second-order valence-corrected chi connectivity index (χ2v) is 5.02. The minimum absolute atomic E-state index is 0.00922. The number of benzene rings is 1. The van der Waals surface area contributed by atoms with Crippen molar-refractivity contribution in [3.05, 3.63) is 59.6 Å². The van der Waals surface area contributed by atoms with Gasteiger partial charge in [-0.1, -0.05) is 24.8 Å². The summed E-state index contributed by atoms with van der Waals surface area (Å²) in [5, 5.41) is 13.9. The van der Waals surface area contributed by atoms with Gasteiger partial charge in [0.15, 0.2) is 5.13 Å². The molecule has 0 unspecified atom stereocenters. The summed E-state index contributed by atoms with van der Waals surface area (Å²) in [5.74, 6) is 0.215. The van der Waals surface area contributed by atoms with E-state index in [1.54, 1.807) is 41.9 Å². The molecule has 6 heteroatoms. The quantitative estimate of drug-likeness (QED) is 0.505. The number of anilines is 1. The summed E-state index contributed by atoms with van der Waals surface area (Å²) in [6.07, 6.45) is 4.75. The molecule has 110 valence electrons. The number of nitriles is 1. The van der Waals surface area contributed by atoms with E-state index in [2.05, 4.69) is 16.9 Å². The molecule has 2 rings (SSSR count). The lowest BCUT2D eigenvalue weighted by Crippen LogP contribution is -2.13. The third-order valence-electron chi connectivity index (χ3n) is 2.58. The first kappa shape index (κ1) is 15.5. The Hall–Kier alpha value is -2.91. The first-order valence-electron chi connectivity index (χ1n) is 6.39. The average Bonchev–Trinajstić information content (AvgIpc) is 3.04. The van der Waals surface area contributed by atoms with Crippen LogP contribution in [0.4, 0.5) is 5.13 Å². The molecule has 0 saturated carbocycles. The molecule has 0 bridgehead atoms. The molecule has 0 aliphatic carbocycles. The predicted molar refractivity (Wildman–Crippen MR) is 86.5 cm³/mol. The van der Waals surface area contributed by atoms with E-state index in [1.807, 2.05) is 6.07 Å². The van der Waals surface area contributed by atoms with Gasteiger partial charge in [-0.15, -0.1) is 11.3 Å². The third kappa shape index (κ3) is 4.30. The van der Waals surface area contributed by atoms with Crippen LogP contribution in [0.3, 0.4) is 0 Å². The van der Waals surface area contributed by atoms with Gasteiger partial charge >= 0.3 is 0 Å². The van der Waals surface area contributed by atoms with Crippen LogP contribution in [-0.2, 0) is 4.79 Å². The van der Waals surface area contributed by atoms with E-state index >= 15 is 0 Å². The number of carbonyl (C=O) groups is 1. The van der Waals surface area contributed by atoms with Crippen LogP contribution in [0.15, 0.2) is 54.1 Å². The van der Waals surface area contributed by atoms with Gasteiger partial charge in [-0.05, 0) is 23.8 Å². The molecule has 22 heavy (non-hydrogen) atoms. The molecule has 1 N–H and O–H groups in total. The van der Waals surface area contributed by atoms with E-state index in [4.69, 9.17) is 10.00 Å². The molecule has 0 aliphatic rings. The summed E-state index contributed by atoms with van der Waals surface area (Å²) in [4.78, 5) is 15.9. The smallest absolute Gasteiger partial charge is 0.268 e. The number of thiazole rings is 1. The first-order valence-corrected chi connectivity index (χ1v) is 7.27. The Morgan fingerprint density at radius 3 is 2.82 bits per heavy atom. The Morgan fingerprint density at radius 2 is 2.23 bits per heavy atom. The van der Waals surface area contributed by atoms with Crippen LogP contribution in [0, 0.1) is 11.3 Å². The summed E-state index contributed by atoms with van der Waals surface area (Å²) in [7, 11) is 0. The largest absolute Gasteiger partial charge is 0.490 e. The summed E-state index contributed by atoms with van der Waals surface area (Å²) in [6, 6.07) is 8.97. The van der Waals surface area contributed by atoms with E-state index in [0.29, 0.717) is 17.5 Å². The van der Waals surface area contributed by atoms with Gasteiger partial charge in [0.2, 0.25) is 0 Å². The number of rotatable bonds is 6. The zero-order chi connectivity index (χ0) is 15.8. The summed E-state index contributed by atoms with van der Waals surface area (Å²) in [6.45, 7) is 4.00. The highest BCUT2D eigenvalue weighted by atomic mass is 32.1. The number of nitrogens with zero attached hydrogens (tertiary/aromatic N) is 2. The van der Waals surface area contributed by atoms with E-state index < -0.39 is 5.91 Å². The Balaban J connectivity index is 2.09. The van der Waals surface area contributed by atoms with E-state index in [9.17, 15) is 4.79 Å². The number of nitrogens with one attached hydrogen (secondary N) is 1. The highest BCUT2D eigenvalue weighted by molar-refractivity contribution is 7.13. The van der Waals surface area contributed by atoms with Crippen LogP contribution in [0.1, 0.15) is 5.56 Å². The molecular weight excluding hydrogens is 298 g/mol. The monoisotopic (exact) mass is 311 g/mol. The van der Waals surface area contributed by atoms with E-state index in [1.165, 1.54) is 17.4 Å². The molecule has 0 radical (unpaired) electrons. The van der Waals surface area contributed by atoms with Gasteiger partial charge in [0, 0.05) is 11.6 Å². The maximum absolute atomic E-state index is 12.0. The van der Waals surface area contributed by atoms with Gasteiger partial charge in [0.1, 0.15) is 24.0 Å². The van der Waals surface area contributed by atoms with Gasteiger partial charge < -0.3 is 4.74 Å². The van der Waals surface area contributed by atoms with Crippen LogP contribution in [0.25, 0.3) is 6.08 Å². The van der Waals surface area contributed by atoms with E-state index in [0.717, 1.165) is 5.56 Å². The van der Waals surface area contributed by atoms with Crippen LogP contribution < -0.4 is 10.1 Å². The van der Waals surface area contributed by atoms with Crippen molar-refractivity contribution in [3.8, 4) is 11.8 Å². The lowest BCUT2D eigenvalue weighted by atomic mass is 10.1. The molecule has 1 aromatic carbocycles. The number of aromatic nitrogens is 1. The van der Waals surface area contributed by atoms with Crippen molar-refractivity contribution in [3.63, 3.8) is 0 Å². The number of ether oxygens (including phenoxy) is 1. The molecule has 0 fully saturated rings. The molecule has 5 nitrogen and oxygen atoms in total. The van der Waals surface area contributed by atoms with Crippen molar-refractivity contribution < 1.29 is 9.53 Å². The maximum atomic E-state index is 12.0. The lowest BCUT2D eigenvalue weighted by molar-refractivity contribution is -0.112. The summed E-state index contributed by atoms with van der Waals surface area (Å²) >= 11 is 1.29. The van der Waals surface area contributed by atoms with E-state index in [-0.39, 0.29) is 5.57 Å². The fourth-order valence-electron chi connectivity index (χ4n) is 1.58. The Morgan fingerprint density at radius 1 is 1.45 bits per heavy atom. The summed E-state index contributed by atoms with van der Waals surface area (Å²) in [5.41, 5.74) is 0.742. The van der Waals surface area contributed by atoms with Crippen LogP contribution in [0.5, 0.6) is 5.75 Å². The minimum atomic E-state index is -0.482. The van der Waals surface area contributed by atoms with Crippen LogP contribution in [0.2, 0.25) is 0 Å². The topological polar surface area (TPSA) is 75.0 Å². The summed E-state index contributed by atoms with van der Waals surface area (Å²) < 4.78 is 5.37. The SMILES string of the molecule is C=CCOc1ccc(/C=C(\C#N)C(=O)Nc2nccs2)cc1. The van der Waals surface area contributed by atoms with Crippen molar-refractivity contribution in [1.82, 2.24) is 4.98 Å². The second kappa shape index (κ2) is 7.76. The zero-order valence-electron chi connectivity index (χ0n) is 11.7. The number of amides is 1. The minimum Gasteiger partial charge on any atom is -0.490 e. The van der Waals surface area contributed by atoms with Crippen molar-refractivity contribution in [1.29, 1.82) is 5.26 Å². The molecule has 2 aromatic rings. The highest BCUT2D eigenvalue weighted by Gasteiger charge is 2.10. The van der Waals surface area contributed by atoms with Crippen molar-refractivity contribution in [2.24, 2.45) is 0 Å².